The molecule has 3 aromatic rings. The molecule has 3 aromatic carbocycles. The molecule has 0 spiro atoms. The summed E-state index contributed by atoms with van der Waals surface area (Å²) in [5.74, 6) is 0. The van der Waals surface area contributed by atoms with Crippen LogP contribution in [0.5, 0.6) is 0 Å². The summed E-state index contributed by atoms with van der Waals surface area (Å²) in [4.78, 5) is 0. The third-order valence-corrected chi connectivity index (χ3v) is 36.4. The van der Waals surface area contributed by atoms with Gasteiger partial charge in [-0.25, -0.2) is 0 Å². The maximum atomic E-state index is 5.95. The Morgan fingerprint density at radius 2 is 0.917 bits per heavy atom. The van der Waals surface area contributed by atoms with E-state index in [9.17, 15) is 0 Å². The molecule has 0 aliphatic heterocycles. The topological polar surface area (TPSA) is 0 Å². The summed E-state index contributed by atoms with van der Waals surface area (Å²) in [6.07, 6.45) is 0. The van der Waals surface area contributed by atoms with Gasteiger partial charge in [0.1, 0.15) is 0 Å². The van der Waals surface area contributed by atoms with Gasteiger partial charge in [-0.2, -0.15) is 0 Å². The van der Waals surface area contributed by atoms with E-state index >= 15 is 0 Å². The molecule has 3 rings (SSSR count). The molecule has 4 heteroatoms. The van der Waals surface area contributed by atoms with Crippen molar-refractivity contribution in [2.24, 2.45) is 0 Å². The van der Waals surface area contributed by atoms with Crippen molar-refractivity contribution in [1.82, 2.24) is 0 Å². The van der Waals surface area contributed by atoms with Crippen molar-refractivity contribution in [2.75, 3.05) is 13.3 Å². The van der Waals surface area contributed by atoms with Crippen LogP contribution in [0.2, 0.25) is 0 Å². The van der Waals surface area contributed by atoms with Crippen molar-refractivity contribution in [3.63, 3.8) is 0 Å². The van der Waals surface area contributed by atoms with Crippen LogP contribution in [0.4, 0.5) is 0 Å². The third kappa shape index (κ3) is 3.98. The molecular formula is C20H21PS2Te. The fourth-order valence-corrected chi connectivity index (χ4v) is 41.0. The number of hydrogen-bond donors (Lipinski definition) is 0. The first-order chi connectivity index (χ1) is 11.5. The van der Waals surface area contributed by atoms with E-state index in [-0.39, 0.29) is 0 Å². The molecule has 0 aliphatic carbocycles. The molecule has 0 atom stereocenters. The van der Waals surface area contributed by atoms with Crippen molar-refractivity contribution in [1.29, 1.82) is 0 Å². The van der Waals surface area contributed by atoms with Crippen LogP contribution in [0.25, 0.3) is 0 Å². The monoisotopic (exact) mass is 486 g/mol. The van der Waals surface area contributed by atoms with Crippen LogP contribution in [-0.2, 0) is 11.8 Å². The molecule has 0 heterocycles. The molecule has 0 amide bonds. The molecule has 0 aliphatic rings. The number of hydrogen-bond acceptors (Lipinski definition) is 2. The fourth-order valence-electron chi connectivity index (χ4n) is 2.64. The summed E-state index contributed by atoms with van der Waals surface area (Å²) in [6, 6.07) is 33.1. The molecule has 0 radical (unpaired) electrons. The van der Waals surface area contributed by atoms with Gasteiger partial charge in [-0.3, -0.25) is 0 Å². The molecule has 0 saturated heterocycles. The molecule has 0 unspecified atom stereocenters. The van der Waals surface area contributed by atoms with Gasteiger partial charge in [0, 0.05) is 0 Å². The molecule has 0 nitrogen and oxygen atoms in total. The Morgan fingerprint density at radius 1 is 0.625 bits per heavy atom. The first kappa shape index (κ1) is 18.2. The second-order valence-electron chi connectivity index (χ2n) is 5.82. The SMILES string of the molecule is CP(C)(=S)S[Te](c1ccccc1)(c1ccccc1)c1ccccc1. The average molecular weight is 484 g/mol. The van der Waals surface area contributed by atoms with Crippen molar-refractivity contribution in [2.45, 2.75) is 0 Å². The van der Waals surface area contributed by atoms with Gasteiger partial charge >= 0.3 is 158 Å². The van der Waals surface area contributed by atoms with Crippen LogP contribution in [0.15, 0.2) is 91.0 Å². The van der Waals surface area contributed by atoms with Crippen LogP contribution in [0.3, 0.4) is 0 Å². The van der Waals surface area contributed by atoms with Crippen LogP contribution in [0.1, 0.15) is 0 Å². The van der Waals surface area contributed by atoms with E-state index < -0.39 is 22.0 Å². The van der Waals surface area contributed by atoms with E-state index in [1.807, 2.05) is 0 Å². The molecule has 0 saturated carbocycles. The average Bonchev–Trinajstić information content (AvgIpc) is 2.61. The minimum atomic E-state index is -2.90. The summed E-state index contributed by atoms with van der Waals surface area (Å²) in [7, 11) is 2.12. The van der Waals surface area contributed by atoms with Gasteiger partial charge in [-0.05, 0) is 0 Å². The first-order valence-corrected chi connectivity index (χ1v) is 19.2. The summed E-state index contributed by atoms with van der Waals surface area (Å²) >= 11 is 3.05. The van der Waals surface area contributed by atoms with Gasteiger partial charge in [0.05, 0.1) is 0 Å². The summed E-state index contributed by atoms with van der Waals surface area (Å²) in [5.41, 5.74) is 0. The Hall–Kier alpha value is -0.550. The molecule has 0 aromatic heterocycles. The minimum absolute atomic E-state index is 1.45. The normalized spacial score (nSPS) is 12.8. The Bertz CT molecular complexity index is 733. The van der Waals surface area contributed by atoms with Gasteiger partial charge in [-0.1, -0.05) is 0 Å². The molecule has 124 valence electrons. The summed E-state index contributed by atoms with van der Waals surface area (Å²) in [6.45, 7) is 4.53. The van der Waals surface area contributed by atoms with E-state index in [0.717, 1.165) is 0 Å². The van der Waals surface area contributed by atoms with Crippen LogP contribution >= 0.6 is 13.8 Å². The van der Waals surface area contributed by atoms with Crippen LogP contribution < -0.4 is 10.8 Å². The van der Waals surface area contributed by atoms with Crippen molar-refractivity contribution < 1.29 is 0 Å². The Kier molecular flexibility index (Phi) is 5.91. The third-order valence-electron chi connectivity index (χ3n) is 3.52. The van der Waals surface area contributed by atoms with E-state index in [1.165, 1.54) is 10.8 Å². The standard InChI is InChI=1S/C20H21PS2Te/c1-21(2,22)23-24(18-12-6-3-7-13-18,19-14-8-4-9-15-19)20-16-10-5-11-17-20/h3-17H,1-2H3. The Morgan fingerprint density at radius 3 is 1.17 bits per heavy atom. The van der Waals surface area contributed by atoms with Gasteiger partial charge in [0.25, 0.3) is 0 Å². The zero-order chi connectivity index (χ0) is 17.0. The number of rotatable bonds is 5. The second kappa shape index (κ2) is 7.77. The first-order valence-electron chi connectivity index (χ1n) is 7.77. The fraction of sp³-hybridized carbons (Fsp3) is 0.100. The van der Waals surface area contributed by atoms with Crippen molar-refractivity contribution in [3.05, 3.63) is 91.0 Å². The van der Waals surface area contributed by atoms with E-state index in [2.05, 4.69) is 113 Å². The molecular weight excluding hydrogens is 463 g/mol. The second-order valence-corrected chi connectivity index (χ2v) is 29.5. The predicted molar refractivity (Wildman–Crippen MR) is 118 cm³/mol. The van der Waals surface area contributed by atoms with Gasteiger partial charge in [-0.15, -0.1) is 0 Å². The molecule has 0 bridgehead atoms. The predicted octanol–water partition coefficient (Wildman–Crippen LogP) is 4.04. The van der Waals surface area contributed by atoms with Gasteiger partial charge < -0.3 is 0 Å². The molecule has 24 heavy (non-hydrogen) atoms. The van der Waals surface area contributed by atoms with Crippen molar-refractivity contribution >= 4 is 53.3 Å². The van der Waals surface area contributed by atoms with E-state index in [0.29, 0.717) is 0 Å². The molecule has 0 fully saturated rings. The van der Waals surface area contributed by atoms with Crippen molar-refractivity contribution in [3.8, 4) is 0 Å². The zero-order valence-corrected chi connectivity index (χ0v) is 18.7. The zero-order valence-electron chi connectivity index (χ0n) is 13.8. The number of benzene rings is 3. The molecule has 0 N–H and O–H groups in total. The van der Waals surface area contributed by atoms with Crippen LogP contribution in [0, 0.1) is 0 Å². The Balaban J connectivity index is 2.35. The quantitative estimate of drug-likeness (QED) is 0.397. The summed E-state index contributed by atoms with van der Waals surface area (Å²) in [5, 5.41) is -1.45. The van der Waals surface area contributed by atoms with Gasteiger partial charge in [0.2, 0.25) is 0 Å². The van der Waals surface area contributed by atoms with E-state index in [4.69, 9.17) is 11.8 Å². The maximum absolute atomic E-state index is 5.95. The van der Waals surface area contributed by atoms with Crippen LogP contribution in [-0.4, -0.2) is 30.1 Å². The Labute approximate surface area is 156 Å². The van der Waals surface area contributed by atoms with Gasteiger partial charge in [0.15, 0.2) is 0 Å². The summed E-state index contributed by atoms with van der Waals surface area (Å²) < 4.78 is 4.42. The van der Waals surface area contributed by atoms with E-state index in [1.54, 1.807) is 0 Å².